The van der Waals surface area contributed by atoms with Crippen LogP contribution in [0, 0.1) is 5.92 Å². The van der Waals surface area contributed by atoms with E-state index in [9.17, 15) is 0 Å². The number of halogens is 1. The van der Waals surface area contributed by atoms with E-state index in [0.29, 0.717) is 5.92 Å². The highest BCUT2D eigenvalue weighted by Gasteiger charge is 2.09. The molecule has 66 valence electrons. The Morgan fingerprint density at radius 3 is 2.50 bits per heavy atom. The highest BCUT2D eigenvalue weighted by molar-refractivity contribution is 6.30. The number of hydrogen-bond acceptors (Lipinski definition) is 1. The number of nitrogens with two attached hydrogens (primary N) is 1. The quantitative estimate of drug-likeness (QED) is 0.750. The maximum atomic E-state index is 5.95. The normalized spacial score (nSPS) is 13.4. The van der Waals surface area contributed by atoms with Crippen LogP contribution in [0.1, 0.15) is 25.5 Å². The number of hydrogen-bond donors (Lipinski definition) is 1. The zero-order valence-electron chi connectivity index (χ0n) is 7.42. The van der Waals surface area contributed by atoms with Crippen molar-refractivity contribution in [2.75, 3.05) is 0 Å². The summed E-state index contributed by atoms with van der Waals surface area (Å²) in [6, 6.07) is 7.81. The first kappa shape index (κ1) is 9.56. The fourth-order valence-corrected chi connectivity index (χ4v) is 1.30. The smallest absolute Gasteiger partial charge is 0.0409 e. The second-order valence-corrected chi connectivity index (χ2v) is 3.76. The van der Waals surface area contributed by atoms with Gasteiger partial charge in [-0.1, -0.05) is 37.6 Å². The minimum absolute atomic E-state index is 0.0868. The van der Waals surface area contributed by atoms with Crippen LogP contribution in [0.3, 0.4) is 0 Å². The third-order valence-electron chi connectivity index (χ3n) is 1.95. The van der Waals surface area contributed by atoms with Gasteiger partial charge in [-0.25, -0.2) is 0 Å². The first-order chi connectivity index (χ1) is 5.61. The zero-order chi connectivity index (χ0) is 9.14. The molecule has 0 amide bonds. The summed E-state index contributed by atoms with van der Waals surface area (Å²) in [4.78, 5) is 0. The Labute approximate surface area is 78.5 Å². The van der Waals surface area contributed by atoms with Gasteiger partial charge in [-0.05, 0) is 23.6 Å². The third kappa shape index (κ3) is 2.23. The Kier molecular flexibility index (Phi) is 3.12. The zero-order valence-corrected chi connectivity index (χ0v) is 8.18. The summed E-state index contributed by atoms with van der Waals surface area (Å²) in [7, 11) is 0. The second kappa shape index (κ2) is 3.92. The maximum absolute atomic E-state index is 5.95. The topological polar surface area (TPSA) is 26.0 Å². The summed E-state index contributed by atoms with van der Waals surface area (Å²) in [5.41, 5.74) is 7.06. The third-order valence-corrected chi connectivity index (χ3v) is 2.19. The van der Waals surface area contributed by atoms with Gasteiger partial charge in [0.2, 0.25) is 0 Å². The van der Waals surface area contributed by atoms with E-state index >= 15 is 0 Å². The summed E-state index contributed by atoms with van der Waals surface area (Å²) in [5.74, 6) is 0.448. The molecule has 0 aliphatic rings. The monoisotopic (exact) mass is 183 g/mol. The van der Waals surface area contributed by atoms with E-state index in [1.54, 1.807) is 0 Å². The van der Waals surface area contributed by atoms with E-state index < -0.39 is 0 Å². The average molecular weight is 184 g/mol. The molecular weight excluding hydrogens is 170 g/mol. The lowest BCUT2D eigenvalue weighted by atomic mass is 9.97. The Morgan fingerprint density at radius 2 is 2.00 bits per heavy atom. The van der Waals surface area contributed by atoms with Gasteiger partial charge in [-0.2, -0.15) is 0 Å². The Morgan fingerprint density at radius 1 is 1.33 bits per heavy atom. The molecule has 1 aromatic carbocycles. The molecule has 0 aromatic heterocycles. The Hall–Kier alpha value is -0.530. The van der Waals surface area contributed by atoms with Crippen molar-refractivity contribution >= 4 is 11.6 Å². The summed E-state index contributed by atoms with van der Waals surface area (Å²) >= 11 is 5.84. The number of benzene rings is 1. The standard InChI is InChI=1S/C10H14ClN/c1-7(2)10(12)8-4-3-5-9(11)6-8/h3-7,10H,12H2,1-2H3. The van der Waals surface area contributed by atoms with Crippen molar-refractivity contribution in [3.05, 3.63) is 34.9 Å². The SMILES string of the molecule is CC(C)C(N)c1cccc(Cl)c1. The second-order valence-electron chi connectivity index (χ2n) is 3.32. The van der Waals surface area contributed by atoms with Crippen LogP contribution < -0.4 is 5.73 Å². The van der Waals surface area contributed by atoms with Gasteiger partial charge in [0.05, 0.1) is 0 Å². The molecule has 0 fully saturated rings. The molecule has 0 bridgehead atoms. The van der Waals surface area contributed by atoms with Gasteiger partial charge in [-0.3, -0.25) is 0 Å². The van der Waals surface area contributed by atoms with Gasteiger partial charge in [0, 0.05) is 11.1 Å². The van der Waals surface area contributed by atoms with Gasteiger partial charge in [0.15, 0.2) is 0 Å². The van der Waals surface area contributed by atoms with Crippen molar-refractivity contribution in [3.8, 4) is 0 Å². The molecule has 1 aromatic rings. The minimum atomic E-state index is 0.0868. The number of rotatable bonds is 2. The fraction of sp³-hybridized carbons (Fsp3) is 0.400. The first-order valence-electron chi connectivity index (χ1n) is 4.12. The van der Waals surface area contributed by atoms with Crippen LogP contribution in [0.5, 0.6) is 0 Å². The van der Waals surface area contributed by atoms with Crippen molar-refractivity contribution in [2.24, 2.45) is 11.7 Å². The summed E-state index contributed by atoms with van der Waals surface area (Å²) in [6.07, 6.45) is 0. The summed E-state index contributed by atoms with van der Waals surface area (Å²) < 4.78 is 0. The largest absolute Gasteiger partial charge is 0.324 e. The van der Waals surface area contributed by atoms with Crippen molar-refractivity contribution in [3.63, 3.8) is 0 Å². The predicted molar refractivity (Wildman–Crippen MR) is 53.2 cm³/mol. The molecule has 1 rings (SSSR count). The van der Waals surface area contributed by atoms with Crippen LogP contribution in [0.4, 0.5) is 0 Å². The highest BCUT2D eigenvalue weighted by Crippen LogP contribution is 2.21. The molecule has 0 heterocycles. The molecular formula is C10H14ClN. The first-order valence-corrected chi connectivity index (χ1v) is 4.50. The molecule has 2 heteroatoms. The van der Waals surface area contributed by atoms with Crippen molar-refractivity contribution in [2.45, 2.75) is 19.9 Å². The minimum Gasteiger partial charge on any atom is -0.324 e. The summed E-state index contributed by atoms with van der Waals surface area (Å²) in [6.45, 7) is 4.21. The van der Waals surface area contributed by atoms with E-state index in [1.165, 1.54) is 0 Å². The van der Waals surface area contributed by atoms with Crippen molar-refractivity contribution in [1.82, 2.24) is 0 Å². The molecule has 12 heavy (non-hydrogen) atoms. The summed E-state index contributed by atoms with van der Waals surface area (Å²) in [5, 5.41) is 0.753. The van der Waals surface area contributed by atoms with Gasteiger partial charge in [0.1, 0.15) is 0 Å². The maximum Gasteiger partial charge on any atom is 0.0409 e. The van der Waals surface area contributed by atoms with Crippen LogP contribution in [0.2, 0.25) is 5.02 Å². The lowest BCUT2D eigenvalue weighted by molar-refractivity contribution is 0.514. The van der Waals surface area contributed by atoms with E-state index in [2.05, 4.69) is 13.8 Å². The molecule has 1 atom stereocenters. The van der Waals surface area contributed by atoms with Crippen LogP contribution in [0.25, 0.3) is 0 Å². The van der Waals surface area contributed by atoms with Crippen LogP contribution in [-0.2, 0) is 0 Å². The molecule has 1 unspecified atom stereocenters. The molecule has 0 radical (unpaired) electrons. The van der Waals surface area contributed by atoms with E-state index in [1.807, 2.05) is 24.3 Å². The van der Waals surface area contributed by atoms with E-state index in [4.69, 9.17) is 17.3 Å². The van der Waals surface area contributed by atoms with Gasteiger partial charge in [-0.15, -0.1) is 0 Å². The molecule has 0 aliphatic heterocycles. The Balaban J connectivity index is 2.88. The molecule has 1 nitrogen and oxygen atoms in total. The molecule has 0 aliphatic carbocycles. The van der Waals surface area contributed by atoms with E-state index in [0.717, 1.165) is 10.6 Å². The molecule has 0 saturated heterocycles. The Bertz CT molecular complexity index is 258. The van der Waals surface area contributed by atoms with E-state index in [-0.39, 0.29) is 6.04 Å². The molecule has 0 saturated carbocycles. The van der Waals surface area contributed by atoms with Crippen LogP contribution in [0.15, 0.2) is 24.3 Å². The van der Waals surface area contributed by atoms with Crippen LogP contribution >= 0.6 is 11.6 Å². The molecule has 2 N–H and O–H groups in total. The van der Waals surface area contributed by atoms with Crippen molar-refractivity contribution in [1.29, 1.82) is 0 Å². The van der Waals surface area contributed by atoms with Gasteiger partial charge in [0.25, 0.3) is 0 Å². The lowest BCUT2D eigenvalue weighted by Crippen LogP contribution is -2.16. The fourth-order valence-electron chi connectivity index (χ4n) is 1.10. The van der Waals surface area contributed by atoms with Crippen molar-refractivity contribution < 1.29 is 0 Å². The highest BCUT2D eigenvalue weighted by atomic mass is 35.5. The van der Waals surface area contributed by atoms with Gasteiger partial charge < -0.3 is 5.73 Å². The average Bonchev–Trinajstić information content (AvgIpc) is 2.03. The lowest BCUT2D eigenvalue weighted by Gasteiger charge is -2.15. The van der Waals surface area contributed by atoms with Gasteiger partial charge >= 0.3 is 0 Å². The molecule has 0 spiro atoms. The van der Waals surface area contributed by atoms with Crippen LogP contribution in [-0.4, -0.2) is 0 Å². The predicted octanol–water partition coefficient (Wildman–Crippen LogP) is 3.00.